The van der Waals surface area contributed by atoms with Crippen LogP contribution in [0.15, 0.2) is 0 Å². The average Bonchev–Trinajstić information content (AvgIpc) is 2.55. The van der Waals surface area contributed by atoms with Crippen molar-refractivity contribution in [3.63, 3.8) is 0 Å². The monoisotopic (exact) mass is 356 g/mol. The van der Waals surface area contributed by atoms with E-state index in [9.17, 15) is 0 Å². The summed E-state index contributed by atoms with van der Waals surface area (Å²) in [5, 5.41) is 0. The maximum absolute atomic E-state index is 5.24. The van der Waals surface area contributed by atoms with E-state index in [1.807, 2.05) is 0 Å². The molecule has 0 aliphatic carbocycles. The van der Waals surface area contributed by atoms with E-state index >= 15 is 0 Å². The zero-order valence-corrected chi connectivity index (χ0v) is 17.9. The van der Waals surface area contributed by atoms with Crippen LogP contribution in [0.4, 0.5) is 0 Å². The van der Waals surface area contributed by atoms with E-state index in [0.717, 1.165) is 24.9 Å². The second-order valence-corrected chi connectivity index (χ2v) is 11.4. The highest BCUT2D eigenvalue weighted by atomic mass is 28.4. The molecule has 8 heteroatoms. The van der Waals surface area contributed by atoms with Crippen molar-refractivity contribution in [1.82, 2.24) is 0 Å². The first-order valence-corrected chi connectivity index (χ1v) is 11.5. The van der Waals surface area contributed by atoms with Crippen LogP contribution in [0.1, 0.15) is 33.6 Å². The Morgan fingerprint density at radius 1 is 0.682 bits per heavy atom. The van der Waals surface area contributed by atoms with Crippen molar-refractivity contribution < 1.29 is 26.6 Å². The smallest absolute Gasteiger partial charge is 0.377 e. The minimum absolute atomic E-state index is 0.543. The lowest BCUT2D eigenvalue weighted by molar-refractivity contribution is 0.119. The molecule has 0 saturated carbocycles. The predicted octanol–water partition coefficient (Wildman–Crippen LogP) is 3.19. The van der Waals surface area contributed by atoms with Crippen molar-refractivity contribution in [3.8, 4) is 0 Å². The number of rotatable bonds is 11. The molecule has 0 aliphatic heterocycles. The Hall–Kier alpha value is 0.194. The molecule has 0 N–H and O–H groups in total. The van der Waals surface area contributed by atoms with Crippen LogP contribution in [0.25, 0.3) is 0 Å². The van der Waals surface area contributed by atoms with Gasteiger partial charge in [0.05, 0.1) is 0 Å². The molecular weight excluding hydrogens is 320 g/mol. The van der Waals surface area contributed by atoms with Crippen LogP contribution < -0.4 is 0 Å². The van der Waals surface area contributed by atoms with Crippen LogP contribution in [-0.2, 0) is 26.6 Å². The van der Waals surface area contributed by atoms with Crippen LogP contribution in [-0.4, -0.2) is 60.3 Å². The van der Waals surface area contributed by atoms with Crippen molar-refractivity contribution in [2.75, 3.05) is 42.7 Å². The van der Waals surface area contributed by atoms with Crippen LogP contribution in [0.3, 0.4) is 0 Å². The summed E-state index contributed by atoms with van der Waals surface area (Å²) in [6.07, 6.45) is 2.24. The Balaban J connectivity index is 0. The first kappa shape index (κ1) is 24.4. The van der Waals surface area contributed by atoms with Crippen molar-refractivity contribution in [3.05, 3.63) is 0 Å². The van der Waals surface area contributed by atoms with Crippen LogP contribution >= 0.6 is 0 Å². The summed E-state index contributed by atoms with van der Waals surface area (Å²) in [5.41, 5.74) is 0. The summed E-state index contributed by atoms with van der Waals surface area (Å²) in [4.78, 5) is 0. The Morgan fingerprint density at radius 2 is 1.05 bits per heavy atom. The minimum atomic E-state index is -2.28. The van der Waals surface area contributed by atoms with E-state index < -0.39 is 17.6 Å². The maximum Gasteiger partial charge on any atom is 0.500 e. The van der Waals surface area contributed by atoms with Gasteiger partial charge in [-0.1, -0.05) is 27.2 Å². The summed E-state index contributed by atoms with van der Waals surface area (Å²) >= 11 is 0. The van der Waals surface area contributed by atoms with E-state index in [4.69, 9.17) is 26.6 Å². The lowest BCUT2D eigenvalue weighted by Crippen LogP contribution is -2.43. The number of hydrogen-bond acceptors (Lipinski definition) is 6. The van der Waals surface area contributed by atoms with Crippen molar-refractivity contribution in [2.24, 2.45) is 5.92 Å². The molecule has 0 aromatic rings. The molecule has 0 bridgehead atoms. The summed E-state index contributed by atoms with van der Waals surface area (Å²) in [5.74, 6) is 0.543. The first-order valence-electron chi connectivity index (χ1n) is 7.65. The summed E-state index contributed by atoms with van der Waals surface area (Å²) in [6, 6.07) is 1.78. The maximum atomic E-state index is 5.24. The Morgan fingerprint density at radius 3 is 1.23 bits per heavy atom. The minimum Gasteiger partial charge on any atom is -0.377 e. The quantitative estimate of drug-likeness (QED) is 0.530. The average molecular weight is 357 g/mol. The summed E-state index contributed by atoms with van der Waals surface area (Å²) in [6.45, 7) is 6.39. The molecule has 0 aliphatic rings. The zero-order chi connectivity index (χ0) is 17.6. The summed E-state index contributed by atoms with van der Waals surface area (Å²) in [7, 11) is 5.35. The molecule has 0 unspecified atom stereocenters. The number of hydrogen-bond donors (Lipinski definition) is 0. The molecule has 0 spiro atoms. The molecule has 0 heterocycles. The largest absolute Gasteiger partial charge is 0.500 e. The highest BCUT2D eigenvalue weighted by Gasteiger charge is 2.38. The second-order valence-electron chi connectivity index (χ2n) is 5.29. The van der Waals surface area contributed by atoms with Gasteiger partial charge >= 0.3 is 17.6 Å². The van der Waals surface area contributed by atoms with E-state index in [2.05, 4.69) is 20.8 Å². The fraction of sp³-hybridized carbons (Fsp3) is 1.00. The molecule has 0 radical (unpaired) electrons. The molecule has 0 aromatic carbocycles. The van der Waals surface area contributed by atoms with E-state index in [1.54, 1.807) is 42.7 Å². The molecule has 0 fully saturated rings. The van der Waals surface area contributed by atoms with E-state index in [-0.39, 0.29) is 0 Å². The molecule has 0 aromatic heterocycles. The van der Waals surface area contributed by atoms with Gasteiger partial charge in [0.1, 0.15) is 0 Å². The zero-order valence-electron chi connectivity index (χ0n) is 15.9. The fourth-order valence-electron chi connectivity index (χ4n) is 1.95. The standard InChI is InChI=1S/2C7H18O3Si/c1-7(2)6-11(8-3,9-4)10-5;1-5-6-7-11(8-2,9-3)10-4/h7H,6H2,1-5H3;5-7H2,1-4H3. The number of unbranched alkanes of at least 4 members (excludes halogenated alkanes) is 1. The van der Waals surface area contributed by atoms with Crippen molar-refractivity contribution in [2.45, 2.75) is 45.7 Å². The molecule has 0 rings (SSSR count). The Bertz CT molecular complexity index is 229. The van der Waals surface area contributed by atoms with Gasteiger partial charge in [-0.2, -0.15) is 0 Å². The van der Waals surface area contributed by atoms with Crippen LogP contribution in [0.2, 0.25) is 12.1 Å². The molecule has 0 saturated heterocycles. The molecule has 22 heavy (non-hydrogen) atoms. The molecule has 0 atom stereocenters. The SMILES string of the molecule is CCCC[Si](OC)(OC)OC.CO[Si](CC(C)C)(OC)OC. The topological polar surface area (TPSA) is 55.4 Å². The predicted molar refractivity (Wildman–Crippen MR) is 92.9 cm³/mol. The first-order chi connectivity index (χ1) is 10.3. The fourth-order valence-corrected chi connectivity index (χ4v) is 5.85. The van der Waals surface area contributed by atoms with Gasteiger partial charge in [0.25, 0.3) is 0 Å². The van der Waals surface area contributed by atoms with Gasteiger partial charge in [-0.05, 0) is 12.3 Å². The lowest BCUT2D eigenvalue weighted by atomic mass is 10.3. The normalized spacial score (nSPS) is 12.3. The highest BCUT2D eigenvalue weighted by molar-refractivity contribution is 6.60. The van der Waals surface area contributed by atoms with Crippen molar-refractivity contribution >= 4 is 17.6 Å². The van der Waals surface area contributed by atoms with Gasteiger partial charge in [-0.25, -0.2) is 0 Å². The van der Waals surface area contributed by atoms with E-state index in [1.165, 1.54) is 0 Å². The third kappa shape index (κ3) is 9.36. The van der Waals surface area contributed by atoms with Gasteiger partial charge < -0.3 is 26.6 Å². The molecular formula is C14H36O6Si2. The summed E-state index contributed by atoms with van der Waals surface area (Å²) < 4.78 is 31.4. The Labute approximate surface area is 139 Å². The molecule has 136 valence electrons. The van der Waals surface area contributed by atoms with Crippen molar-refractivity contribution in [1.29, 1.82) is 0 Å². The third-order valence-corrected chi connectivity index (χ3v) is 9.38. The van der Waals surface area contributed by atoms with Crippen LogP contribution in [0, 0.1) is 5.92 Å². The second kappa shape index (κ2) is 13.6. The molecule has 6 nitrogen and oxygen atoms in total. The molecule has 0 amide bonds. The van der Waals surface area contributed by atoms with E-state index in [0.29, 0.717) is 5.92 Å². The van der Waals surface area contributed by atoms with Crippen LogP contribution in [0.5, 0.6) is 0 Å². The lowest BCUT2D eigenvalue weighted by Gasteiger charge is -2.25. The van der Waals surface area contributed by atoms with Gasteiger partial charge in [-0.3, -0.25) is 0 Å². The third-order valence-electron chi connectivity index (χ3n) is 3.36. The van der Waals surface area contributed by atoms with Gasteiger partial charge in [0.2, 0.25) is 0 Å². The van der Waals surface area contributed by atoms with Gasteiger partial charge in [0, 0.05) is 54.7 Å². The Kier molecular flexibility index (Phi) is 15.1. The van der Waals surface area contributed by atoms with Gasteiger partial charge in [-0.15, -0.1) is 0 Å². The van der Waals surface area contributed by atoms with Gasteiger partial charge in [0.15, 0.2) is 0 Å². The highest BCUT2D eigenvalue weighted by Crippen LogP contribution is 2.18.